The number of hydrogen-bond donors (Lipinski definition) is 0. The molecule has 1 aromatic carbocycles. The fraction of sp³-hybridized carbons (Fsp3) is 0.286. The molecule has 0 spiro atoms. The number of carbonyl (C=O) groups excluding carboxylic acids is 1. The maximum absolute atomic E-state index is 13.8. The highest BCUT2D eigenvalue weighted by molar-refractivity contribution is 7.13. The van der Waals surface area contributed by atoms with Gasteiger partial charge in [0.1, 0.15) is 5.82 Å². The summed E-state index contributed by atoms with van der Waals surface area (Å²) in [5, 5.41) is 0.899. The van der Waals surface area contributed by atoms with Crippen LogP contribution in [-0.4, -0.2) is 10.8 Å². The van der Waals surface area contributed by atoms with E-state index in [1.807, 2.05) is 0 Å². The van der Waals surface area contributed by atoms with Crippen molar-refractivity contribution in [3.8, 4) is 0 Å². The number of halogens is 2. The molecule has 1 aromatic heterocycles. The summed E-state index contributed by atoms with van der Waals surface area (Å²) in [6, 6.07) is 4.94. The van der Waals surface area contributed by atoms with Gasteiger partial charge in [-0.15, -0.1) is 11.3 Å². The SMILES string of the molecule is O=C1CCCc2nc(Cc3cccc(Cl)c3F)sc21. The summed E-state index contributed by atoms with van der Waals surface area (Å²) in [7, 11) is 0. The smallest absolute Gasteiger partial charge is 0.174 e. The Balaban J connectivity index is 1.92. The van der Waals surface area contributed by atoms with Gasteiger partial charge >= 0.3 is 0 Å². The summed E-state index contributed by atoms with van der Waals surface area (Å²) in [6.45, 7) is 0. The van der Waals surface area contributed by atoms with Crippen LogP contribution in [0.4, 0.5) is 4.39 Å². The lowest BCUT2D eigenvalue weighted by atomic mass is 10.0. The summed E-state index contributed by atoms with van der Waals surface area (Å²) < 4.78 is 13.8. The van der Waals surface area contributed by atoms with Crippen LogP contribution in [-0.2, 0) is 12.8 Å². The van der Waals surface area contributed by atoms with Crippen LogP contribution in [0.1, 0.15) is 38.8 Å². The molecule has 98 valence electrons. The van der Waals surface area contributed by atoms with Gasteiger partial charge < -0.3 is 0 Å². The number of ketones is 1. The number of benzene rings is 1. The fourth-order valence-corrected chi connectivity index (χ4v) is 3.54. The molecule has 0 bridgehead atoms. The minimum atomic E-state index is -0.399. The average Bonchev–Trinajstić information content (AvgIpc) is 2.79. The van der Waals surface area contributed by atoms with Crippen LogP contribution in [0.5, 0.6) is 0 Å². The minimum absolute atomic E-state index is 0.120. The summed E-state index contributed by atoms with van der Waals surface area (Å²) >= 11 is 7.14. The summed E-state index contributed by atoms with van der Waals surface area (Å²) in [5.74, 6) is -0.236. The van der Waals surface area contributed by atoms with Crippen LogP contribution < -0.4 is 0 Å². The highest BCUT2D eigenvalue weighted by Gasteiger charge is 2.22. The predicted octanol–water partition coefficient (Wildman–Crippen LogP) is 4.05. The molecule has 0 saturated carbocycles. The van der Waals surface area contributed by atoms with E-state index >= 15 is 0 Å². The van der Waals surface area contributed by atoms with E-state index in [9.17, 15) is 9.18 Å². The lowest BCUT2D eigenvalue weighted by Crippen LogP contribution is -2.07. The Morgan fingerprint density at radius 2 is 2.21 bits per heavy atom. The Kier molecular flexibility index (Phi) is 3.37. The van der Waals surface area contributed by atoms with E-state index in [0.29, 0.717) is 18.4 Å². The number of aromatic nitrogens is 1. The molecule has 5 heteroatoms. The monoisotopic (exact) mass is 295 g/mol. The molecule has 0 atom stereocenters. The predicted molar refractivity (Wildman–Crippen MR) is 73.6 cm³/mol. The maximum Gasteiger partial charge on any atom is 0.174 e. The number of thiazole rings is 1. The van der Waals surface area contributed by atoms with Crippen LogP contribution in [0.15, 0.2) is 18.2 Å². The molecule has 1 aliphatic carbocycles. The molecular formula is C14H11ClFNOS. The minimum Gasteiger partial charge on any atom is -0.293 e. The zero-order valence-corrected chi connectivity index (χ0v) is 11.7. The van der Waals surface area contributed by atoms with Gasteiger partial charge in [0.25, 0.3) is 0 Å². The van der Waals surface area contributed by atoms with Crippen molar-refractivity contribution in [2.45, 2.75) is 25.7 Å². The quantitative estimate of drug-likeness (QED) is 0.837. The van der Waals surface area contributed by atoms with Gasteiger partial charge in [-0.2, -0.15) is 0 Å². The highest BCUT2D eigenvalue weighted by Crippen LogP contribution is 2.29. The van der Waals surface area contributed by atoms with Crippen LogP contribution >= 0.6 is 22.9 Å². The number of nitrogens with zero attached hydrogens (tertiary/aromatic N) is 1. The van der Waals surface area contributed by atoms with E-state index in [0.717, 1.165) is 28.4 Å². The average molecular weight is 296 g/mol. The van der Waals surface area contributed by atoms with Crippen molar-refractivity contribution in [3.63, 3.8) is 0 Å². The van der Waals surface area contributed by atoms with E-state index in [2.05, 4.69) is 4.98 Å². The molecule has 0 unspecified atom stereocenters. The van der Waals surface area contributed by atoms with E-state index in [1.165, 1.54) is 17.4 Å². The van der Waals surface area contributed by atoms with Crippen molar-refractivity contribution < 1.29 is 9.18 Å². The first-order valence-electron chi connectivity index (χ1n) is 6.10. The zero-order chi connectivity index (χ0) is 13.4. The Labute approximate surface area is 119 Å². The first-order valence-corrected chi connectivity index (χ1v) is 7.29. The Morgan fingerprint density at radius 1 is 1.37 bits per heavy atom. The molecule has 1 heterocycles. The molecular weight excluding hydrogens is 285 g/mol. The van der Waals surface area contributed by atoms with Gasteiger partial charge in [0.2, 0.25) is 0 Å². The molecule has 0 amide bonds. The van der Waals surface area contributed by atoms with Crippen LogP contribution in [0.25, 0.3) is 0 Å². The second kappa shape index (κ2) is 5.02. The molecule has 0 N–H and O–H groups in total. The molecule has 0 radical (unpaired) electrons. The standard InChI is InChI=1S/C14H11ClFNOS/c15-9-4-1-3-8(13(9)16)7-12-17-10-5-2-6-11(18)14(10)19-12/h1,3-4H,2,5-7H2. The van der Waals surface area contributed by atoms with Crippen molar-refractivity contribution in [2.24, 2.45) is 0 Å². The van der Waals surface area contributed by atoms with Gasteiger partial charge in [-0.1, -0.05) is 23.7 Å². The molecule has 2 nitrogen and oxygen atoms in total. The molecule has 3 rings (SSSR count). The molecule has 19 heavy (non-hydrogen) atoms. The summed E-state index contributed by atoms with van der Waals surface area (Å²) in [6.07, 6.45) is 2.69. The zero-order valence-electron chi connectivity index (χ0n) is 10.1. The number of Topliss-reactive ketones (excluding diaryl/α,β-unsaturated/α-hetero) is 1. The van der Waals surface area contributed by atoms with Gasteiger partial charge in [0.15, 0.2) is 5.78 Å². The van der Waals surface area contributed by atoms with E-state index in [-0.39, 0.29) is 10.8 Å². The van der Waals surface area contributed by atoms with Crippen molar-refractivity contribution in [3.05, 3.63) is 50.2 Å². The van der Waals surface area contributed by atoms with E-state index in [4.69, 9.17) is 11.6 Å². The number of hydrogen-bond acceptors (Lipinski definition) is 3. The number of rotatable bonds is 2. The van der Waals surface area contributed by atoms with Crippen molar-refractivity contribution in [1.29, 1.82) is 0 Å². The van der Waals surface area contributed by atoms with Crippen LogP contribution in [0.2, 0.25) is 5.02 Å². The molecule has 1 aliphatic rings. The third kappa shape index (κ3) is 2.42. The Bertz CT molecular complexity index is 653. The second-order valence-corrected chi connectivity index (χ2v) is 6.04. The van der Waals surface area contributed by atoms with Gasteiger partial charge in [-0.05, 0) is 24.5 Å². The van der Waals surface area contributed by atoms with Gasteiger partial charge in [0.05, 0.1) is 20.6 Å². The number of aryl methyl sites for hydroxylation is 1. The topological polar surface area (TPSA) is 30.0 Å². The van der Waals surface area contributed by atoms with Gasteiger partial charge in [-0.25, -0.2) is 9.37 Å². The van der Waals surface area contributed by atoms with Crippen LogP contribution in [0, 0.1) is 5.82 Å². The largest absolute Gasteiger partial charge is 0.293 e. The van der Waals surface area contributed by atoms with Crippen molar-refractivity contribution in [2.75, 3.05) is 0 Å². The summed E-state index contributed by atoms with van der Waals surface area (Å²) in [4.78, 5) is 17.0. The van der Waals surface area contributed by atoms with Gasteiger partial charge in [-0.3, -0.25) is 4.79 Å². The van der Waals surface area contributed by atoms with Crippen LogP contribution in [0.3, 0.4) is 0 Å². The van der Waals surface area contributed by atoms with Gasteiger partial charge in [0, 0.05) is 12.8 Å². The maximum atomic E-state index is 13.8. The normalized spacial score (nSPS) is 14.5. The number of carbonyl (C=O) groups is 1. The Hall–Kier alpha value is -1.26. The summed E-state index contributed by atoms with van der Waals surface area (Å²) in [5.41, 5.74) is 1.39. The number of fused-ring (bicyclic) bond motifs is 1. The third-order valence-electron chi connectivity index (χ3n) is 3.19. The Morgan fingerprint density at radius 3 is 3.00 bits per heavy atom. The third-order valence-corrected chi connectivity index (χ3v) is 4.62. The highest BCUT2D eigenvalue weighted by atomic mass is 35.5. The first-order chi connectivity index (χ1) is 9.15. The fourth-order valence-electron chi connectivity index (χ4n) is 2.24. The van der Waals surface area contributed by atoms with Crippen molar-refractivity contribution in [1.82, 2.24) is 4.98 Å². The second-order valence-electron chi connectivity index (χ2n) is 4.55. The lowest BCUT2D eigenvalue weighted by molar-refractivity contribution is 0.0976. The molecule has 2 aromatic rings. The van der Waals surface area contributed by atoms with E-state index in [1.54, 1.807) is 12.1 Å². The molecule has 0 saturated heterocycles. The van der Waals surface area contributed by atoms with E-state index < -0.39 is 5.82 Å². The molecule has 0 aliphatic heterocycles. The first kappa shape index (κ1) is 12.8. The molecule has 0 fully saturated rings. The van der Waals surface area contributed by atoms with Crippen molar-refractivity contribution >= 4 is 28.7 Å². The lowest BCUT2D eigenvalue weighted by Gasteiger charge is -2.06.